The summed E-state index contributed by atoms with van der Waals surface area (Å²) in [5.41, 5.74) is 6.38. The van der Waals surface area contributed by atoms with Gasteiger partial charge in [-0.05, 0) is 17.7 Å². The van der Waals surface area contributed by atoms with Gasteiger partial charge in [-0.25, -0.2) is 4.98 Å². The summed E-state index contributed by atoms with van der Waals surface area (Å²) in [7, 11) is 1.59. The SMILES string of the molecule is COCc1cccc(C(=O)NNC(=O)c2csc(N3CCOCC3)n2)c1. The van der Waals surface area contributed by atoms with Crippen molar-refractivity contribution in [2.75, 3.05) is 38.3 Å². The summed E-state index contributed by atoms with van der Waals surface area (Å²) in [6.45, 7) is 3.22. The predicted molar refractivity (Wildman–Crippen MR) is 97.2 cm³/mol. The summed E-state index contributed by atoms with van der Waals surface area (Å²) in [4.78, 5) is 30.8. The Labute approximate surface area is 155 Å². The molecule has 1 aromatic carbocycles. The lowest BCUT2D eigenvalue weighted by Crippen LogP contribution is -2.42. The number of methoxy groups -OCH3 is 1. The zero-order valence-electron chi connectivity index (χ0n) is 14.4. The molecule has 0 spiro atoms. The number of aromatic nitrogens is 1. The van der Waals surface area contributed by atoms with Crippen LogP contribution in [-0.4, -0.2) is 50.2 Å². The van der Waals surface area contributed by atoms with Crippen molar-refractivity contribution >= 4 is 28.3 Å². The van der Waals surface area contributed by atoms with Crippen LogP contribution in [0.25, 0.3) is 0 Å². The van der Waals surface area contributed by atoms with Crippen molar-refractivity contribution in [2.24, 2.45) is 0 Å². The van der Waals surface area contributed by atoms with Crippen LogP contribution in [0.3, 0.4) is 0 Å². The Hall–Kier alpha value is -2.49. The third kappa shape index (κ3) is 4.57. The second-order valence-corrected chi connectivity index (χ2v) is 6.49. The van der Waals surface area contributed by atoms with Gasteiger partial charge in [0.15, 0.2) is 5.13 Å². The lowest BCUT2D eigenvalue weighted by atomic mass is 10.1. The number of hydrogen-bond donors (Lipinski definition) is 2. The summed E-state index contributed by atoms with van der Waals surface area (Å²) in [5, 5.41) is 2.45. The molecular weight excluding hydrogens is 356 g/mol. The Bertz CT molecular complexity index is 774. The topological polar surface area (TPSA) is 92.8 Å². The first-order valence-electron chi connectivity index (χ1n) is 8.14. The third-order valence-electron chi connectivity index (χ3n) is 3.80. The molecular formula is C17H20N4O4S. The number of amides is 2. The van der Waals surface area contributed by atoms with Gasteiger partial charge in [-0.2, -0.15) is 0 Å². The van der Waals surface area contributed by atoms with Crippen LogP contribution in [-0.2, 0) is 16.1 Å². The highest BCUT2D eigenvalue weighted by atomic mass is 32.1. The van der Waals surface area contributed by atoms with Crippen molar-refractivity contribution in [3.63, 3.8) is 0 Å². The van der Waals surface area contributed by atoms with Crippen LogP contribution < -0.4 is 15.8 Å². The van der Waals surface area contributed by atoms with Gasteiger partial charge in [0.25, 0.3) is 11.8 Å². The molecule has 0 radical (unpaired) electrons. The number of anilines is 1. The molecule has 3 rings (SSSR count). The smallest absolute Gasteiger partial charge is 0.289 e. The molecule has 0 atom stereocenters. The van der Waals surface area contributed by atoms with Crippen LogP contribution in [0.15, 0.2) is 29.6 Å². The molecule has 138 valence electrons. The van der Waals surface area contributed by atoms with Crippen LogP contribution in [0.5, 0.6) is 0 Å². The molecule has 0 saturated carbocycles. The van der Waals surface area contributed by atoms with E-state index in [2.05, 4.69) is 20.7 Å². The Morgan fingerprint density at radius 3 is 2.81 bits per heavy atom. The van der Waals surface area contributed by atoms with Crippen molar-refractivity contribution in [3.05, 3.63) is 46.5 Å². The summed E-state index contributed by atoms with van der Waals surface area (Å²) in [6.07, 6.45) is 0. The maximum absolute atomic E-state index is 12.2. The number of hydrogen-bond acceptors (Lipinski definition) is 7. The number of carbonyl (C=O) groups is 2. The van der Waals surface area contributed by atoms with Crippen LogP contribution in [0.2, 0.25) is 0 Å². The molecule has 9 heteroatoms. The molecule has 1 aliphatic heterocycles. The lowest BCUT2D eigenvalue weighted by molar-refractivity contribution is 0.0844. The molecule has 26 heavy (non-hydrogen) atoms. The standard InChI is InChI=1S/C17H20N4O4S/c1-24-10-12-3-2-4-13(9-12)15(22)19-20-16(23)14-11-26-17(18-14)21-5-7-25-8-6-21/h2-4,9,11H,5-8,10H2,1H3,(H,19,22)(H,20,23). The fourth-order valence-electron chi connectivity index (χ4n) is 2.49. The lowest BCUT2D eigenvalue weighted by Gasteiger charge is -2.25. The summed E-state index contributed by atoms with van der Waals surface area (Å²) in [5.74, 6) is -0.859. The fraction of sp³-hybridized carbons (Fsp3) is 0.353. The van der Waals surface area contributed by atoms with E-state index in [0.717, 1.165) is 23.8 Å². The van der Waals surface area contributed by atoms with Crippen LogP contribution >= 0.6 is 11.3 Å². The average Bonchev–Trinajstić information content (AvgIpc) is 3.17. The Kier molecular flexibility index (Phi) is 6.16. The molecule has 2 aromatic rings. The van der Waals surface area contributed by atoms with E-state index in [1.165, 1.54) is 11.3 Å². The van der Waals surface area contributed by atoms with Gasteiger partial charge in [0.2, 0.25) is 0 Å². The molecule has 1 fully saturated rings. The molecule has 0 unspecified atom stereocenters. The van der Waals surface area contributed by atoms with Crippen LogP contribution in [0, 0.1) is 0 Å². The molecule has 0 aliphatic carbocycles. The Morgan fingerprint density at radius 2 is 2.04 bits per heavy atom. The molecule has 2 heterocycles. The first-order valence-corrected chi connectivity index (χ1v) is 9.02. The van der Waals surface area contributed by atoms with Crippen molar-refractivity contribution < 1.29 is 19.1 Å². The largest absolute Gasteiger partial charge is 0.380 e. The molecule has 8 nitrogen and oxygen atoms in total. The minimum absolute atomic E-state index is 0.268. The number of nitrogens with one attached hydrogen (secondary N) is 2. The van der Waals surface area contributed by atoms with Gasteiger partial charge < -0.3 is 14.4 Å². The number of carbonyl (C=O) groups excluding carboxylic acids is 2. The van der Waals surface area contributed by atoms with E-state index in [1.54, 1.807) is 30.7 Å². The van der Waals surface area contributed by atoms with Gasteiger partial charge in [-0.15, -0.1) is 11.3 Å². The Morgan fingerprint density at radius 1 is 1.27 bits per heavy atom. The molecule has 2 N–H and O–H groups in total. The first kappa shape index (κ1) is 18.3. The van der Waals surface area contributed by atoms with Crippen LogP contribution in [0.4, 0.5) is 5.13 Å². The van der Waals surface area contributed by atoms with Gasteiger partial charge >= 0.3 is 0 Å². The monoisotopic (exact) mass is 376 g/mol. The minimum Gasteiger partial charge on any atom is -0.380 e. The number of nitrogens with zero attached hydrogens (tertiary/aromatic N) is 2. The zero-order valence-corrected chi connectivity index (χ0v) is 15.2. The van der Waals surface area contributed by atoms with E-state index in [9.17, 15) is 9.59 Å². The number of thiazole rings is 1. The number of ether oxygens (including phenoxy) is 2. The molecule has 2 amide bonds. The normalized spacial score (nSPS) is 14.1. The minimum atomic E-state index is -0.456. The predicted octanol–water partition coefficient (Wildman–Crippen LogP) is 1.20. The maximum atomic E-state index is 12.2. The van der Waals surface area contributed by atoms with Crippen molar-refractivity contribution in [3.8, 4) is 0 Å². The molecule has 1 aromatic heterocycles. The van der Waals surface area contributed by atoms with Crippen LogP contribution in [0.1, 0.15) is 26.4 Å². The van der Waals surface area contributed by atoms with Gasteiger partial charge in [-0.1, -0.05) is 12.1 Å². The highest BCUT2D eigenvalue weighted by molar-refractivity contribution is 7.13. The van der Waals surface area contributed by atoms with Gasteiger partial charge in [0.05, 0.1) is 19.8 Å². The highest BCUT2D eigenvalue weighted by Gasteiger charge is 2.18. The van der Waals surface area contributed by atoms with Crippen molar-refractivity contribution in [1.82, 2.24) is 15.8 Å². The average molecular weight is 376 g/mol. The maximum Gasteiger partial charge on any atom is 0.289 e. The molecule has 0 bridgehead atoms. The second kappa shape index (κ2) is 8.75. The van der Waals surface area contributed by atoms with E-state index in [-0.39, 0.29) is 5.69 Å². The third-order valence-corrected chi connectivity index (χ3v) is 4.70. The number of morpholine rings is 1. The highest BCUT2D eigenvalue weighted by Crippen LogP contribution is 2.21. The quantitative estimate of drug-likeness (QED) is 0.762. The van der Waals surface area contributed by atoms with E-state index in [4.69, 9.17) is 9.47 Å². The second-order valence-electron chi connectivity index (χ2n) is 5.66. The van der Waals surface area contributed by atoms with Gasteiger partial charge in [0.1, 0.15) is 5.69 Å². The number of hydrazine groups is 1. The molecule has 1 aliphatic rings. The van der Waals surface area contributed by atoms with E-state index < -0.39 is 11.8 Å². The fourth-order valence-corrected chi connectivity index (χ4v) is 3.35. The van der Waals surface area contributed by atoms with E-state index >= 15 is 0 Å². The van der Waals surface area contributed by atoms with E-state index in [1.807, 2.05) is 6.07 Å². The zero-order chi connectivity index (χ0) is 18.4. The Balaban J connectivity index is 1.56. The summed E-state index contributed by atoms with van der Waals surface area (Å²) in [6, 6.07) is 7.01. The summed E-state index contributed by atoms with van der Waals surface area (Å²) < 4.78 is 10.4. The first-order chi connectivity index (χ1) is 12.7. The summed E-state index contributed by atoms with van der Waals surface area (Å²) >= 11 is 1.39. The number of rotatable bonds is 5. The van der Waals surface area contributed by atoms with E-state index in [0.29, 0.717) is 25.4 Å². The number of benzene rings is 1. The van der Waals surface area contributed by atoms with Crippen molar-refractivity contribution in [2.45, 2.75) is 6.61 Å². The van der Waals surface area contributed by atoms with Crippen molar-refractivity contribution in [1.29, 1.82) is 0 Å². The van der Waals surface area contributed by atoms with Gasteiger partial charge in [-0.3, -0.25) is 20.4 Å². The molecule has 1 saturated heterocycles. The van der Waals surface area contributed by atoms with Gasteiger partial charge in [0, 0.05) is 31.1 Å².